The molecule has 0 spiro atoms. The first-order chi connectivity index (χ1) is 30.6. The van der Waals surface area contributed by atoms with Gasteiger partial charge in [0.2, 0.25) is 5.91 Å². The summed E-state index contributed by atoms with van der Waals surface area (Å²) in [5.41, 5.74) is 0. The molecular formula is C49H89NO13. The molecule has 2 aliphatic heterocycles. The molecule has 0 aromatic carbocycles. The molecular weight excluding hydrogens is 811 g/mol. The summed E-state index contributed by atoms with van der Waals surface area (Å²) in [6, 6.07) is -0.836. The lowest BCUT2D eigenvalue weighted by atomic mass is 9.97. The van der Waals surface area contributed by atoms with E-state index in [0.717, 1.165) is 77.0 Å². The molecule has 12 atom stereocenters. The van der Waals surface area contributed by atoms with Crippen molar-refractivity contribution in [1.29, 1.82) is 0 Å². The second-order valence-electron chi connectivity index (χ2n) is 17.6. The van der Waals surface area contributed by atoms with Gasteiger partial charge < -0.3 is 65.1 Å². The highest BCUT2D eigenvalue weighted by molar-refractivity contribution is 5.76. The summed E-state index contributed by atoms with van der Waals surface area (Å²) in [4.78, 5) is 13.2. The smallest absolute Gasteiger partial charge is 0.220 e. The van der Waals surface area contributed by atoms with Gasteiger partial charge in [-0.2, -0.15) is 0 Å². The monoisotopic (exact) mass is 900 g/mol. The standard InChI is InChI=1S/C49H89NO13/c1-3-5-7-9-11-13-15-17-19-21-23-25-27-29-31-33-41(54)50-37(38(53)32-30-28-26-24-22-20-18-16-14-12-10-8-6-4-2)36-60-48-46(59)44(57)47(40(35-52)62-48)63-49-45(58)43(56)42(55)39(34-51)61-49/h5,7,11,13,17,19,37-40,42-49,51-53,55-59H,3-4,6,8-10,12,14-16,18,20-36H2,1-2H3,(H,50,54)/b7-5-,13-11-,19-17-. The number of ether oxygens (including phenoxy) is 4. The van der Waals surface area contributed by atoms with Gasteiger partial charge in [0.15, 0.2) is 12.6 Å². The molecule has 1 amide bonds. The fraction of sp³-hybridized carbons (Fsp3) is 0.857. The van der Waals surface area contributed by atoms with Crippen LogP contribution < -0.4 is 5.32 Å². The van der Waals surface area contributed by atoms with Gasteiger partial charge in [-0.1, -0.05) is 159 Å². The Labute approximate surface area is 379 Å². The summed E-state index contributed by atoms with van der Waals surface area (Å²) in [6.07, 6.45) is 22.9. The Hall–Kier alpha value is -1.79. The molecule has 0 aromatic rings. The van der Waals surface area contributed by atoms with E-state index in [1.54, 1.807) is 0 Å². The first kappa shape index (κ1) is 57.3. The van der Waals surface area contributed by atoms with Crippen LogP contribution in [0, 0.1) is 0 Å². The van der Waals surface area contributed by atoms with E-state index in [9.17, 15) is 45.6 Å². The third-order valence-electron chi connectivity index (χ3n) is 12.1. The number of aliphatic hydroxyl groups is 8. The zero-order chi connectivity index (χ0) is 46.1. The molecule has 14 nitrogen and oxygen atoms in total. The highest BCUT2D eigenvalue weighted by atomic mass is 16.7. The van der Waals surface area contributed by atoms with Crippen LogP contribution in [0.5, 0.6) is 0 Å². The SMILES string of the molecule is CC/C=C\C/C=C\C/C=C\CCCCCCCC(=O)NC(COC1OC(CO)C(OC2OC(CO)C(O)C(O)C2O)C(O)C1O)C(O)CCCCCCCCCCCCCCCC. The molecule has 63 heavy (non-hydrogen) atoms. The van der Waals surface area contributed by atoms with Crippen molar-refractivity contribution in [3.05, 3.63) is 36.5 Å². The molecule has 2 fully saturated rings. The first-order valence-corrected chi connectivity index (χ1v) is 24.7. The predicted molar refractivity (Wildman–Crippen MR) is 244 cm³/mol. The van der Waals surface area contributed by atoms with E-state index in [4.69, 9.17) is 18.9 Å². The maximum Gasteiger partial charge on any atom is 0.220 e. The van der Waals surface area contributed by atoms with E-state index in [2.05, 4.69) is 55.6 Å². The van der Waals surface area contributed by atoms with Crippen LogP contribution in [0.15, 0.2) is 36.5 Å². The van der Waals surface area contributed by atoms with E-state index < -0.39 is 86.8 Å². The average Bonchev–Trinajstić information content (AvgIpc) is 3.28. The van der Waals surface area contributed by atoms with Gasteiger partial charge in [-0.05, 0) is 44.9 Å². The molecule has 368 valence electrons. The van der Waals surface area contributed by atoms with E-state index in [0.29, 0.717) is 12.8 Å². The lowest BCUT2D eigenvalue weighted by molar-refractivity contribution is -0.359. The van der Waals surface area contributed by atoms with E-state index >= 15 is 0 Å². The topological polar surface area (TPSA) is 228 Å². The van der Waals surface area contributed by atoms with Gasteiger partial charge in [-0.15, -0.1) is 0 Å². The molecule has 2 heterocycles. The first-order valence-electron chi connectivity index (χ1n) is 24.7. The zero-order valence-electron chi connectivity index (χ0n) is 38.8. The highest BCUT2D eigenvalue weighted by Gasteiger charge is 2.51. The van der Waals surface area contributed by atoms with Gasteiger partial charge >= 0.3 is 0 Å². The Balaban J connectivity index is 1.86. The quantitative estimate of drug-likeness (QED) is 0.0261. The second-order valence-corrected chi connectivity index (χ2v) is 17.6. The molecule has 0 saturated carbocycles. The third-order valence-corrected chi connectivity index (χ3v) is 12.1. The van der Waals surface area contributed by atoms with Gasteiger partial charge in [0.25, 0.3) is 0 Å². The Morgan fingerprint density at radius 1 is 0.587 bits per heavy atom. The van der Waals surface area contributed by atoms with Crippen LogP contribution in [0.1, 0.15) is 174 Å². The fourth-order valence-corrected chi connectivity index (χ4v) is 8.07. The molecule has 12 unspecified atom stereocenters. The van der Waals surface area contributed by atoms with Crippen LogP contribution in [0.3, 0.4) is 0 Å². The van der Waals surface area contributed by atoms with E-state index in [-0.39, 0.29) is 18.9 Å². The average molecular weight is 900 g/mol. The van der Waals surface area contributed by atoms with Crippen LogP contribution in [0.4, 0.5) is 0 Å². The number of carbonyl (C=O) groups is 1. The number of amides is 1. The zero-order valence-corrected chi connectivity index (χ0v) is 38.8. The van der Waals surface area contributed by atoms with Crippen LogP contribution in [-0.4, -0.2) is 140 Å². The summed E-state index contributed by atoms with van der Waals surface area (Å²) >= 11 is 0. The molecule has 2 aliphatic rings. The van der Waals surface area contributed by atoms with Crippen molar-refractivity contribution in [2.24, 2.45) is 0 Å². The number of carbonyl (C=O) groups excluding carboxylic acids is 1. The van der Waals surface area contributed by atoms with Crippen molar-refractivity contribution in [2.75, 3.05) is 19.8 Å². The number of rotatable bonds is 37. The van der Waals surface area contributed by atoms with Gasteiger partial charge in [-0.25, -0.2) is 0 Å². The van der Waals surface area contributed by atoms with Crippen LogP contribution >= 0.6 is 0 Å². The molecule has 2 saturated heterocycles. The summed E-state index contributed by atoms with van der Waals surface area (Å²) in [7, 11) is 0. The Kier molecular flexibility index (Phi) is 33.1. The molecule has 0 radical (unpaired) electrons. The van der Waals surface area contributed by atoms with Gasteiger partial charge in [0.05, 0.1) is 32.0 Å². The van der Waals surface area contributed by atoms with Crippen LogP contribution in [0.2, 0.25) is 0 Å². The Bertz CT molecular complexity index is 1200. The Morgan fingerprint density at radius 3 is 1.68 bits per heavy atom. The summed E-state index contributed by atoms with van der Waals surface area (Å²) in [5, 5.41) is 86.8. The van der Waals surface area contributed by atoms with E-state index in [1.165, 1.54) is 64.2 Å². The molecule has 0 bridgehead atoms. The lowest BCUT2D eigenvalue weighted by Crippen LogP contribution is -2.65. The third kappa shape index (κ3) is 24.0. The Morgan fingerprint density at radius 2 is 1.10 bits per heavy atom. The van der Waals surface area contributed by atoms with Gasteiger partial charge in [0.1, 0.15) is 48.8 Å². The summed E-state index contributed by atoms with van der Waals surface area (Å²) in [6.45, 7) is 2.71. The largest absolute Gasteiger partial charge is 0.394 e. The normalized spacial score (nSPS) is 27.8. The number of allylic oxidation sites excluding steroid dienone is 6. The van der Waals surface area contributed by atoms with Gasteiger partial charge in [0, 0.05) is 6.42 Å². The summed E-state index contributed by atoms with van der Waals surface area (Å²) < 4.78 is 22.7. The highest BCUT2D eigenvalue weighted by Crippen LogP contribution is 2.30. The van der Waals surface area contributed by atoms with Crippen LogP contribution in [-0.2, 0) is 23.7 Å². The van der Waals surface area contributed by atoms with Crippen molar-refractivity contribution in [3.63, 3.8) is 0 Å². The van der Waals surface area contributed by atoms with Crippen molar-refractivity contribution in [3.8, 4) is 0 Å². The molecule has 2 rings (SSSR count). The van der Waals surface area contributed by atoms with Crippen molar-refractivity contribution < 1.29 is 64.6 Å². The number of unbranched alkanes of at least 4 members (excludes halogenated alkanes) is 18. The number of hydrogen-bond acceptors (Lipinski definition) is 13. The molecule has 0 aromatic heterocycles. The van der Waals surface area contributed by atoms with E-state index in [1.807, 2.05) is 0 Å². The van der Waals surface area contributed by atoms with Crippen molar-refractivity contribution >= 4 is 5.91 Å². The second kappa shape index (κ2) is 36.3. The maximum absolute atomic E-state index is 13.2. The van der Waals surface area contributed by atoms with Gasteiger partial charge in [-0.3, -0.25) is 4.79 Å². The number of nitrogens with one attached hydrogen (secondary N) is 1. The number of aliphatic hydroxyl groups excluding tert-OH is 8. The predicted octanol–water partition coefficient (Wildman–Crippen LogP) is 5.93. The minimum Gasteiger partial charge on any atom is -0.394 e. The minimum absolute atomic E-state index is 0.226. The number of hydrogen-bond donors (Lipinski definition) is 9. The van der Waals surface area contributed by atoms with Crippen molar-refractivity contribution in [1.82, 2.24) is 5.32 Å². The fourth-order valence-electron chi connectivity index (χ4n) is 8.07. The minimum atomic E-state index is -1.78. The lowest BCUT2D eigenvalue weighted by Gasteiger charge is -2.46. The summed E-state index contributed by atoms with van der Waals surface area (Å²) in [5.74, 6) is -0.226. The molecule has 9 N–H and O–H groups in total. The maximum atomic E-state index is 13.2. The van der Waals surface area contributed by atoms with Crippen LogP contribution in [0.25, 0.3) is 0 Å². The molecule has 14 heteroatoms. The van der Waals surface area contributed by atoms with Crippen molar-refractivity contribution in [2.45, 2.75) is 248 Å². The molecule has 0 aliphatic carbocycles.